The van der Waals surface area contributed by atoms with Crippen LogP contribution in [-0.2, 0) is 9.53 Å². The van der Waals surface area contributed by atoms with Crippen LogP contribution in [0.4, 0.5) is 5.69 Å². The first-order valence-electron chi connectivity index (χ1n) is 7.13. The zero-order valence-corrected chi connectivity index (χ0v) is 11.7. The van der Waals surface area contributed by atoms with Crippen molar-refractivity contribution >= 4 is 17.7 Å². The van der Waals surface area contributed by atoms with Gasteiger partial charge in [0.25, 0.3) is 0 Å². The maximum atomic E-state index is 11.6. The first kappa shape index (κ1) is 14.6. The Morgan fingerprint density at radius 2 is 2.10 bits per heavy atom. The van der Waals surface area contributed by atoms with E-state index in [0.29, 0.717) is 6.54 Å². The molecule has 0 heterocycles. The summed E-state index contributed by atoms with van der Waals surface area (Å²) < 4.78 is 5.50. The standard InChI is InChI=1S/C16H22N2O2/c17-15-7-4-13(5-8-15)6-9-16(19)18-10-1-11-20-12-14-2-3-14/h4-9,14H,1-3,10-12,17H2,(H,18,19)/b9-6+. The van der Waals surface area contributed by atoms with Gasteiger partial charge in [0.2, 0.25) is 5.91 Å². The number of hydrogen-bond donors (Lipinski definition) is 2. The Balaban J connectivity index is 1.55. The number of carbonyl (C=O) groups excluding carboxylic acids is 1. The SMILES string of the molecule is Nc1ccc(/C=C/C(=O)NCCCOCC2CC2)cc1. The number of nitrogen functional groups attached to an aromatic ring is 1. The van der Waals surface area contributed by atoms with Crippen molar-refractivity contribution in [2.75, 3.05) is 25.5 Å². The summed E-state index contributed by atoms with van der Waals surface area (Å²) in [5.74, 6) is 0.719. The van der Waals surface area contributed by atoms with Crippen LogP contribution in [0.3, 0.4) is 0 Å². The van der Waals surface area contributed by atoms with Gasteiger partial charge < -0.3 is 15.8 Å². The molecule has 1 amide bonds. The molecular formula is C16H22N2O2. The molecular weight excluding hydrogens is 252 g/mol. The molecule has 4 heteroatoms. The van der Waals surface area contributed by atoms with Gasteiger partial charge in [-0.2, -0.15) is 0 Å². The number of nitrogens with one attached hydrogen (secondary N) is 1. The number of benzene rings is 1. The molecule has 0 radical (unpaired) electrons. The fourth-order valence-corrected chi connectivity index (χ4v) is 1.76. The molecule has 0 aromatic heterocycles. The quantitative estimate of drug-likeness (QED) is 0.434. The van der Waals surface area contributed by atoms with E-state index in [9.17, 15) is 4.79 Å². The number of rotatable bonds is 8. The summed E-state index contributed by atoms with van der Waals surface area (Å²) in [7, 11) is 0. The lowest BCUT2D eigenvalue weighted by Gasteiger charge is -2.03. The zero-order valence-electron chi connectivity index (χ0n) is 11.7. The Bertz CT molecular complexity index is 450. The van der Waals surface area contributed by atoms with Gasteiger partial charge in [-0.3, -0.25) is 4.79 Å². The zero-order chi connectivity index (χ0) is 14.2. The predicted molar refractivity (Wildman–Crippen MR) is 81.1 cm³/mol. The van der Waals surface area contributed by atoms with Crippen molar-refractivity contribution in [1.82, 2.24) is 5.32 Å². The molecule has 4 nitrogen and oxygen atoms in total. The lowest BCUT2D eigenvalue weighted by Crippen LogP contribution is -2.23. The van der Waals surface area contributed by atoms with Crippen LogP contribution < -0.4 is 11.1 Å². The molecule has 1 aromatic rings. The van der Waals surface area contributed by atoms with E-state index >= 15 is 0 Å². The summed E-state index contributed by atoms with van der Waals surface area (Å²) in [4.78, 5) is 11.6. The molecule has 1 aliphatic carbocycles. The van der Waals surface area contributed by atoms with Crippen LogP contribution in [0, 0.1) is 5.92 Å². The maximum Gasteiger partial charge on any atom is 0.244 e. The van der Waals surface area contributed by atoms with Crippen LogP contribution in [0.2, 0.25) is 0 Å². The third-order valence-electron chi connectivity index (χ3n) is 3.18. The largest absolute Gasteiger partial charge is 0.399 e. The Morgan fingerprint density at radius 1 is 1.35 bits per heavy atom. The van der Waals surface area contributed by atoms with E-state index in [0.717, 1.165) is 36.8 Å². The van der Waals surface area contributed by atoms with Gasteiger partial charge in [0.15, 0.2) is 0 Å². The Morgan fingerprint density at radius 3 is 2.80 bits per heavy atom. The molecule has 0 aliphatic heterocycles. The second-order valence-electron chi connectivity index (χ2n) is 5.16. The van der Waals surface area contributed by atoms with Crippen LogP contribution in [0.5, 0.6) is 0 Å². The minimum Gasteiger partial charge on any atom is -0.399 e. The molecule has 1 fully saturated rings. The van der Waals surface area contributed by atoms with E-state index in [1.807, 2.05) is 24.3 Å². The van der Waals surface area contributed by atoms with Crippen LogP contribution in [-0.4, -0.2) is 25.7 Å². The van der Waals surface area contributed by atoms with Crippen LogP contribution >= 0.6 is 0 Å². The number of hydrogen-bond acceptors (Lipinski definition) is 3. The Kier molecular flexibility index (Phi) is 5.62. The van der Waals surface area contributed by atoms with Gasteiger partial charge >= 0.3 is 0 Å². The average molecular weight is 274 g/mol. The van der Waals surface area contributed by atoms with Gasteiger partial charge in [0.05, 0.1) is 0 Å². The monoisotopic (exact) mass is 274 g/mol. The molecule has 1 aromatic carbocycles. The fraction of sp³-hybridized carbons (Fsp3) is 0.438. The molecule has 0 spiro atoms. The minimum absolute atomic E-state index is 0.0796. The third kappa shape index (κ3) is 5.89. The molecule has 0 bridgehead atoms. The topological polar surface area (TPSA) is 64.4 Å². The van der Waals surface area contributed by atoms with E-state index in [-0.39, 0.29) is 5.91 Å². The summed E-state index contributed by atoms with van der Waals surface area (Å²) in [6, 6.07) is 7.39. The van der Waals surface area contributed by atoms with Gasteiger partial charge in [-0.15, -0.1) is 0 Å². The van der Waals surface area contributed by atoms with E-state index in [1.165, 1.54) is 18.9 Å². The number of carbonyl (C=O) groups is 1. The molecule has 0 atom stereocenters. The number of ether oxygens (including phenoxy) is 1. The fourth-order valence-electron chi connectivity index (χ4n) is 1.76. The van der Waals surface area contributed by atoms with E-state index in [2.05, 4.69) is 5.32 Å². The van der Waals surface area contributed by atoms with Crippen LogP contribution in [0.25, 0.3) is 6.08 Å². The van der Waals surface area contributed by atoms with Crippen molar-refractivity contribution < 1.29 is 9.53 Å². The molecule has 1 aliphatic rings. The van der Waals surface area contributed by atoms with Gasteiger partial charge in [0, 0.05) is 31.5 Å². The predicted octanol–water partition coefficient (Wildman–Crippen LogP) is 2.21. The smallest absolute Gasteiger partial charge is 0.244 e. The summed E-state index contributed by atoms with van der Waals surface area (Å²) in [6.07, 6.45) is 6.79. The van der Waals surface area contributed by atoms with Crippen molar-refractivity contribution in [2.45, 2.75) is 19.3 Å². The number of amides is 1. The van der Waals surface area contributed by atoms with Gasteiger partial charge in [-0.25, -0.2) is 0 Å². The summed E-state index contributed by atoms with van der Waals surface area (Å²) in [5, 5.41) is 2.84. The van der Waals surface area contributed by atoms with Crippen LogP contribution in [0.1, 0.15) is 24.8 Å². The van der Waals surface area contributed by atoms with E-state index < -0.39 is 0 Å². The average Bonchev–Trinajstić information content (AvgIpc) is 3.26. The van der Waals surface area contributed by atoms with E-state index in [4.69, 9.17) is 10.5 Å². The van der Waals surface area contributed by atoms with Gasteiger partial charge in [-0.1, -0.05) is 12.1 Å². The van der Waals surface area contributed by atoms with Gasteiger partial charge in [-0.05, 0) is 49.0 Å². The van der Waals surface area contributed by atoms with Crippen molar-refractivity contribution in [3.8, 4) is 0 Å². The highest BCUT2D eigenvalue weighted by Gasteiger charge is 2.20. The lowest BCUT2D eigenvalue weighted by molar-refractivity contribution is -0.116. The van der Waals surface area contributed by atoms with Gasteiger partial charge in [0.1, 0.15) is 0 Å². The molecule has 0 saturated heterocycles. The first-order chi connectivity index (χ1) is 9.74. The lowest BCUT2D eigenvalue weighted by atomic mass is 10.2. The molecule has 108 valence electrons. The third-order valence-corrected chi connectivity index (χ3v) is 3.18. The highest BCUT2D eigenvalue weighted by Crippen LogP contribution is 2.28. The van der Waals surface area contributed by atoms with Crippen molar-refractivity contribution in [3.05, 3.63) is 35.9 Å². The summed E-state index contributed by atoms with van der Waals surface area (Å²) in [6.45, 7) is 2.25. The second-order valence-corrected chi connectivity index (χ2v) is 5.16. The van der Waals surface area contributed by atoms with Crippen molar-refractivity contribution in [2.24, 2.45) is 5.92 Å². The minimum atomic E-state index is -0.0796. The first-order valence-corrected chi connectivity index (χ1v) is 7.13. The highest BCUT2D eigenvalue weighted by atomic mass is 16.5. The Labute approximate surface area is 120 Å². The number of nitrogens with two attached hydrogens (primary N) is 1. The number of anilines is 1. The Hall–Kier alpha value is -1.81. The molecule has 1 saturated carbocycles. The van der Waals surface area contributed by atoms with Crippen molar-refractivity contribution in [1.29, 1.82) is 0 Å². The summed E-state index contributed by atoms with van der Waals surface area (Å²) >= 11 is 0. The molecule has 20 heavy (non-hydrogen) atoms. The molecule has 2 rings (SSSR count). The molecule has 3 N–H and O–H groups in total. The molecule has 0 unspecified atom stereocenters. The highest BCUT2D eigenvalue weighted by molar-refractivity contribution is 5.91. The van der Waals surface area contributed by atoms with Crippen LogP contribution in [0.15, 0.2) is 30.3 Å². The van der Waals surface area contributed by atoms with Crippen molar-refractivity contribution in [3.63, 3.8) is 0 Å². The summed E-state index contributed by atoms with van der Waals surface area (Å²) in [5.41, 5.74) is 7.28. The second kappa shape index (κ2) is 7.70. The van der Waals surface area contributed by atoms with E-state index in [1.54, 1.807) is 6.08 Å². The normalized spacial score (nSPS) is 14.6. The maximum absolute atomic E-state index is 11.6.